The summed E-state index contributed by atoms with van der Waals surface area (Å²) in [6.45, 7) is 7.02. The van der Waals surface area contributed by atoms with Crippen molar-refractivity contribution in [3.8, 4) is 11.5 Å². The summed E-state index contributed by atoms with van der Waals surface area (Å²) in [6.07, 6.45) is 1.83. The molecule has 6 nitrogen and oxygen atoms in total. The van der Waals surface area contributed by atoms with Crippen molar-refractivity contribution in [3.63, 3.8) is 0 Å². The van der Waals surface area contributed by atoms with Gasteiger partial charge in [-0.1, -0.05) is 36.0 Å². The molecule has 4 rings (SSSR count). The van der Waals surface area contributed by atoms with E-state index in [9.17, 15) is 4.39 Å². The van der Waals surface area contributed by atoms with Gasteiger partial charge in [-0.3, -0.25) is 4.90 Å². The molecule has 0 atom stereocenters. The quantitative estimate of drug-likeness (QED) is 0.365. The zero-order valence-electron chi connectivity index (χ0n) is 17.5. The Labute approximate surface area is 185 Å². The number of hydrogen-bond donors (Lipinski definition) is 0. The second-order valence-electron chi connectivity index (χ2n) is 7.37. The summed E-state index contributed by atoms with van der Waals surface area (Å²) in [6, 6.07) is 12.7. The molecule has 8 heteroatoms. The maximum atomic E-state index is 13.4. The Balaban J connectivity index is 1.42. The smallest absolute Gasteiger partial charge is 0.191 e. The second-order valence-corrected chi connectivity index (χ2v) is 8.31. The van der Waals surface area contributed by atoms with Gasteiger partial charge in [0, 0.05) is 18.8 Å². The lowest BCUT2D eigenvalue weighted by Crippen LogP contribution is -2.21. The van der Waals surface area contributed by atoms with Crippen LogP contribution in [-0.4, -0.2) is 39.9 Å². The van der Waals surface area contributed by atoms with E-state index in [0.717, 1.165) is 40.2 Å². The number of hydrogen-bond acceptors (Lipinski definition) is 6. The van der Waals surface area contributed by atoms with Gasteiger partial charge in [-0.2, -0.15) is 0 Å². The molecule has 162 valence electrons. The first kappa shape index (κ1) is 21.4. The van der Waals surface area contributed by atoms with Gasteiger partial charge in [0.15, 0.2) is 16.7 Å². The molecule has 0 radical (unpaired) electrons. The normalized spacial score (nSPS) is 12.9. The van der Waals surface area contributed by atoms with Gasteiger partial charge >= 0.3 is 0 Å². The third-order valence-corrected chi connectivity index (χ3v) is 5.87. The van der Waals surface area contributed by atoms with Crippen LogP contribution in [0.15, 0.2) is 60.3 Å². The van der Waals surface area contributed by atoms with Crippen molar-refractivity contribution in [3.05, 3.63) is 77.9 Å². The van der Waals surface area contributed by atoms with Gasteiger partial charge in [-0.25, -0.2) is 4.39 Å². The number of ether oxygens (including phenoxy) is 2. The van der Waals surface area contributed by atoms with Gasteiger partial charge in [0.05, 0.1) is 6.54 Å². The minimum absolute atomic E-state index is 0.230. The standard InChI is InChI=1S/C23H25FN4O2S/c1-3-9-28-22(25-26-23(28)31-16-18-5-4-6-19(24)12-18)15-27(2)14-17-7-8-20-21(13-17)30-11-10-29-20/h3-8,12-13H,1,9-11,14-16H2,2H3. The van der Waals surface area contributed by atoms with E-state index < -0.39 is 0 Å². The fraction of sp³-hybridized carbons (Fsp3) is 0.304. The highest BCUT2D eigenvalue weighted by Crippen LogP contribution is 2.31. The lowest BCUT2D eigenvalue weighted by molar-refractivity contribution is 0.171. The Morgan fingerprint density at radius 3 is 2.74 bits per heavy atom. The van der Waals surface area contributed by atoms with Crippen LogP contribution in [0.5, 0.6) is 11.5 Å². The molecule has 0 bridgehead atoms. The monoisotopic (exact) mass is 440 g/mol. The molecule has 2 aromatic carbocycles. The maximum absolute atomic E-state index is 13.4. The highest BCUT2D eigenvalue weighted by Gasteiger charge is 2.16. The average molecular weight is 441 g/mol. The molecule has 31 heavy (non-hydrogen) atoms. The van der Waals surface area contributed by atoms with Gasteiger partial charge < -0.3 is 14.0 Å². The Morgan fingerprint density at radius 2 is 1.94 bits per heavy atom. The van der Waals surface area contributed by atoms with Crippen LogP contribution in [0.1, 0.15) is 17.0 Å². The molecule has 0 aliphatic carbocycles. The predicted molar refractivity (Wildman–Crippen MR) is 119 cm³/mol. The van der Waals surface area contributed by atoms with Crippen LogP contribution in [0.4, 0.5) is 4.39 Å². The van der Waals surface area contributed by atoms with E-state index in [1.807, 2.05) is 31.3 Å². The summed E-state index contributed by atoms with van der Waals surface area (Å²) in [7, 11) is 2.04. The van der Waals surface area contributed by atoms with E-state index in [2.05, 4.69) is 32.3 Å². The zero-order chi connectivity index (χ0) is 21.6. The van der Waals surface area contributed by atoms with Crippen molar-refractivity contribution in [2.24, 2.45) is 0 Å². The van der Waals surface area contributed by atoms with E-state index in [4.69, 9.17) is 9.47 Å². The van der Waals surface area contributed by atoms with E-state index in [0.29, 0.717) is 32.1 Å². The number of thioether (sulfide) groups is 1. The molecule has 0 saturated carbocycles. The van der Waals surface area contributed by atoms with Gasteiger partial charge in [0.2, 0.25) is 0 Å². The van der Waals surface area contributed by atoms with Gasteiger partial charge in [-0.05, 0) is 42.4 Å². The molecule has 0 spiro atoms. The van der Waals surface area contributed by atoms with Crippen LogP contribution < -0.4 is 9.47 Å². The fourth-order valence-corrected chi connectivity index (χ4v) is 4.33. The molecule has 1 aliphatic rings. The number of allylic oxidation sites excluding steroid dienone is 1. The minimum atomic E-state index is -0.230. The van der Waals surface area contributed by atoms with Gasteiger partial charge in [-0.15, -0.1) is 16.8 Å². The molecule has 1 aromatic heterocycles. The maximum Gasteiger partial charge on any atom is 0.191 e. The molecule has 0 N–H and O–H groups in total. The molecular formula is C23H25FN4O2S. The molecule has 0 unspecified atom stereocenters. The summed E-state index contributed by atoms with van der Waals surface area (Å²) >= 11 is 1.54. The summed E-state index contributed by atoms with van der Waals surface area (Å²) in [5.74, 6) is 2.85. The van der Waals surface area contributed by atoms with Crippen molar-refractivity contribution < 1.29 is 13.9 Å². The van der Waals surface area contributed by atoms with Crippen molar-refractivity contribution >= 4 is 11.8 Å². The SMILES string of the molecule is C=CCn1c(CN(C)Cc2ccc3c(c2)OCCO3)nnc1SCc1cccc(F)c1. The number of aromatic nitrogens is 3. The Morgan fingerprint density at radius 1 is 1.10 bits per heavy atom. The summed E-state index contributed by atoms with van der Waals surface area (Å²) in [5.41, 5.74) is 2.05. The van der Waals surface area contributed by atoms with E-state index in [-0.39, 0.29) is 5.82 Å². The van der Waals surface area contributed by atoms with E-state index >= 15 is 0 Å². The summed E-state index contributed by atoms with van der Waals surface area (Å²) < 4.78 is 26.8. The minimum Gasteiger partial charge on any atom is -0.486 e. The van der Waals surface area contributed by atoms with Crippen LogP contribution in [0, 0.1) is 5.82 Å². The van der Waals surface area contributed by atoms with Crippen molar-refractivity contribution in [2.45, 2.75) is 30.5 Å². The molecule has 2 heterocycles. The van der Waals surface area contributed by atoms with Crippen LogP contribution in [0.25, 0.3) is 0 Å². The van der Waals surface area contributed by atoms with E-state index in [1.165, 1.54) is 6.07 Å². The highest BCUT2D eigenvalue weighted by atomic mass is 32.2. The number of rotatable bonds is 9. The number of halogens is 1. The zero-order valence-corrected chi connectivity index (χ0v) is 18.3. The lowest BCUT2D eigenvalue weighted by atomic mass is 10.2. The largest absolute Gasteiger partial charge is 0.486 e. The van der Waals surface area contributed by atoms with Crippen LogP contribution in [0.2, 0.25) is 0 Å². The lowest BCUT2D eigenvalue weighted by Gasteiger charge is -2.21. The summed E-state index contributed by atoms with van der Waals surface area (Å²) in [4.78, 5) is 2.18. The Hall–Kier alpha value is -2.84. The molecule has 0 saturated heterocycles. The van der Waals surface area contributed by atoms with Crippen LogP contribution in [0.3, 0.4) is 0 Å². The first-order chi connectivity index (χ1) is 15.1. The first-order valence-corrected chi connectivity index (χ1v) is 11.1. The predicted octanol–water partition coefficient (Wildman–Crippen LogP) is 4.30. The fourth-order valence-electron chi connectivity index (χ4n) is 3.42. The first-order valence-electron chi connectivity index (χ1n) is 10.1. The third kappa shape index (κ3) is 5.45. The number of fused-ring (bicyclic) bond motifs is 1. The summed E-state index contributed by atoms with van der Waals surface area (Å²) in [5, 5.41) is 9.56. The topological polar surface area (TPSA) is 52.4 Å². The van der Waals surface area contributed by atoms with Crippen LogP contribution >= 0.6 is 11.8 Å². The highest BCUT2D eigenvalue weighted by molar-refractivity contribution is 7.98. The molecule has 0 amide bonds. The average Bonchev–Trinajstić information content (AvgIpc) is 3.13. The molecule has 0 fully saturated rings. The Kier molecular flexibility index (Phi) is 6.89. The third-order valence-electron chi connectivity index (χ3n) is 4.83. The number of nitrogens with zero attached hydrogens (tertiary/aromatic N) is 4. The molecule has 3 aromatic rings. The molecule has 1 aliphatic heterocycles. The second kappa shape index (κ2) is 9.98. The number of benzene rings is 2. The van der Waals surface area contributed by atoms with Crippen molar-refractivity contribution in [2.75, 3.05) is 20.3 Å². The molecular weight excluding hydrogens is 415 g/mol. The van der Waals surface area contributed by atoms with Gasteiger partial charge in [0.1, 0.15) is 24.9 Å². The van der Waals surface area contributed by atoms with Crippen molar-refractivity contribution in [1.29, 1.82) is 0 Å². The van der Waals surface area contributed by atoms with Crippen molar-refractivity contribution in [1.82, 2.24) is 19.7 Å². The Bertz CT molecular complexity index is 1060. The van der Waals surface area contributed by atoms with Gasteiger partial charge in [0.25, 0.3) is 0 Å². The van der Waals surface area contributed by atoms with E-state index in [1.54, 1.807) is 23.9 Å². The van der Waals surface area contributed by atoms with Crippen LogP contribution in [-0.2, 0) is 25.4 Å².